The second kappa shape index (κ2) is 3.81. The van der Waals surface area contributed by atoms with E-state index in [4.69, 9.17) is 5.11 Å². The average Bonchev–Trinajstić information content (AvgIpc) is 2.04. The average molecular weight is 186 g/mol. The molecule has 3 nitrogen and oxygen atoms in total. The SMILES string of the molecule is O=C(O)C1CC=CCC1C(=O)P. The molecule has 3 atom stereocenters. The smallest absolute Gasteiger partial charge is 0.307 e. The van der Waals surface area contributed by atoms with Crippen molar-refractivity contribution in [1.29, 1.82) is 0 Å². The second-order valence-electron chi connectivity index (χ2n) is 2.90. The monoisotopic (exact) mass is 186 g/mol. The van der Waals surface area contributed by atoms with Crippen LogP contribution < -0.4 is 0 Å². The van der Waals surface area contributed by atoms with Crippen molar-refractivity contribution in [3.05, 3.63) is 12.2 Å². The van der Waals surface area contributed by atoms with E-state index in [-0.39, 0.29) is 11.4 Å². The summed E-state index contributed by atoms with van der Waals surface area (Å²) in [5.41, 5.74) is -0.105. The van der Waals surface area contributed by atoms with Crippen LogP contribution in [-0.2, 0) is 9.59 Å². The molecule has 0 aliphatic heterocycles. The van der Waals surface area contributed by atoms with Crippen molar-refractivity contribution in [2.24, 2.45) is 11.8 Å². The topological polar surface area (TPSA) is 54.4 Å². The van der Waals surface area contributed by atoms with Crippen molar-refractivity contribution >= 4 is 20.7 Å². The molecular weight excluding hydrogens is 175 g/mol. The van der Waals surface area contributed by atoms with E-state index in [1.54, 1.807) is 0 Å². The highest BCUT2D eigenvalue weighted by molar-refractivity contribution is 7.40. The molecule has 1 aliphatic rings. The third-order valence-corrected chi connectivity index (χ3v) is 2.54. The molecule has 12 heavy (non-hydrogen) atoms. The normalized spacial score (nSPS) is 28.4. The molecule has 4 heteroatoms. The number of aliphatic carboxylic acids is 1. The maximum Gasteiger partial charge on any atom is 0.307 e. The molecule has 0 fully saturated rings. The summed E-state index contributed by atoms with van der Waals surface area (Å²) in [4.78, 5) is 21.7. The van der Waals surface area contributed by atoms with Gasteiger partial charge in [-0.15, -0.1) is 0 Å². The Morgan fingerprint density at radius 3 is 2.08 bits per heavy atom. The molecule has 0 aromatic carbocycles. The van der Waals surface area contributed by atoms with Crippen LogP contribution in [0.2, 0.25) is 0 Å². The van der Waals surface area contributed by atoms with Crippen molar-refractivity contribution in [1.82, 2.24) is 0 Å². The van der Waals surface area contributed by atoms with E-state index in [9.17, 15) is 9.59 Å². The van der Waals surface area contributed by atoms with Crippen molar-refractivity contribution in [2.75, 3.05) is 0 Å². The summed E-state index contributed by atoms with van der Waals surface area (Å²) in [5, 5.41) is 8.76. The van der Waals surface area contributed by atoms with E-state index in [1.165, 1.54) is 0 Å². The van der Waals surface area contributed by atoms with Gasteiger partial charge in [0.15, 0.2) is 5.52 Å². The number of hydrogen-bond donors (Lipinski definition) is 1. The summed E-state index contributed by atoms with van der Waals surface area (Å²) in [6, 6.07) is 0. The van der Waals surface area contributed by atoms with Crippen LogP contribution in [0.3, 0.4) is 0 Å². The third kappa shape index (κ3) is 1.92. The predicted octanol–water partition coefficient (Wildman–Crippen LogP) is 1.06. The van der Waals surface area contributed by atoms with E-state index in [1.807, 2.05) is 12.2 Å². The van der Waals surface area contributed by atoms with Crippen LogP contribution in [0.25, 0.3) is 0 Å². The summed E-state index contributed by atoms with van der Waals surface area (Å²) < 4.78 is 0. The quantitative estimate of drug-likeness (QED) is 0.518. The zero-order valence-corrected chi connectivity index (χ0v) is 7.72. The Morgan fingerprint density at radius 1 is 1.25 bits per heavy atom. The molecule has 1 rings (SSSR count). The van der Waals surface area contributed by atoms with Gasteiger partial charge in [-0.1, -0.05) is 21.4 Å². The van der Waals surface area contributed by atoms with Gasteiger partial charge in [0.25, 0.3) is 0 Å². The van der Waals surface area contributed by atoms with Crippen LogP contribution in [0, 0.1) is 11.8 Å². The number of hydrogen-bond acceptors (Lipinski definition) is 2. The number of carboxylic acid groups (broad SMARTS) is 1. The van der Waals surface area contributed by atoms with Gasteiger partial charge in [0.05, 0.1) is 5.92 Å². The van der Waals surface area contributed by atoms with Crippen LogP contribution in [0.1, 0.15) is 12.8 Å². The zero-order chi connectivity index (χ0) is 9.14. The molecule has 1 aliphatic carbocycles. The number of carboxylic acids is 1. The van der Waals surface area contributed by atoms with Crippen LogP contribution in [-0.4, -0.2) is 16.6 Å². The largest absolute Gasteiger partial charge is 0.481 e. The van der Waals surface area contributed by atoms with Crippen LogP contribution >= 0.6 is 9.24 Å². The van der Waals surface area contributed by atoms with E-state index < -0.39 is 11.9 Å². The van der Waals surface area contributed by atoms with Gasteiger partial charge in [-0.3, -0.25) is 9.59 Å². The fourth-order valence-corrected chi connectivity index (χ4v) is 1.77. The van der Waals surface area contributed by atoms with Crippen molar-refractivity contribution in [2.45, 2.75) is 12.8 Å². The van der Waals surface area contributed by atoms with E-state index >= 15 is 0 Å². The van der Waals surface area contributed by atoms with Crippen molar-refractivity contribution in [3.63, 3.8) is 0 Å². The van der Waals surface area contributed by atoms with Crippen molar-refractivity contribution in [3.8, 4) is 0 Å². The molecule has 0 aromatic heterocycles. The molecule has 0 radical (unpaired) electrons. The number of allylic oxidation sites excluding steroid dienone is 2. The van der Waals surface area contributed by atoms with Crippen molar-refractivity contribution < 1.29 is 14.7 Å². The van der Waals surface area contributed by atoms with E-state index in [0.717, 1.165) is 0 Å². The molecule has 1 N–H and O–H groups in total. The number of carbonyl (C=O) groups is 2. The Labute approximate surface area is 73.0 Å². The fraction of sp³-hybridized carbons (Fsp3) is 0.500. The Kier molecular flexibility index (Phi) is 2.99. The molecule has 0 aromatic rings. The maximum atomic E-state index is 11.0. The second-order valence-corrected chi connectivity index (χ2v) is 3.47. The molecule has 0 bridgehead atoms. The van der Waals surface area contributed by atoms with Gasteiger partial charge in [0.2, 0.25) is 0 Å². The van der Waals surface area contributed by atoms with Gasteiger partial charge in [-0.05, 0) is 12.8 Å². The number of rotatable bonds is 2. The Morgan fingerprint density at radius 2 is 1.75 bits per heavy atom. The third-order valence-electron chi connectivity index (χ3n) is 2.12. The van der Waals surface area contributed by atoms with Gasteiger partial charge in [0, 0.05) is 5.92 Å². The lowest BCUT2D eigenvalue weighted by molar-refractivity contribution is -0.145. The molecule has 0 spiro atoms. The van der Waals surface area contributed by atoms with Gasteiger partial charge in [0.1, 0.15) is 0 Å². The summed E-state index contributed by atoms with van der Waals surface area (Å²) in [6.45, 7) is 0. The lowest BCUT2D eigenvalue weighted by atomic mass is 9.84. The first kappa shape index (κ1) is 9.40. The first-order valence-electron chi connectivity index (χ1n) is 3.80. The molecule has 66 valence electrons. The standard InChI is InChI=1S/C8H11O3P/c9-7(10)5-3-1-2-4-6(5)8(11)12/h1-2,5-6H,3-4,12H2,(H,9,10). The summed E-state index contributed by atoms with van der Waals surface area (Å²) in [7, 11) is 2.06. The Bertz CT molecular complexity index is 210. The van der Waals surface area contributed by atoms with Gasteiger partial charge in [-0.25, -0.2) is 0 Å². The minimum atomic E-state index is -0.875. The summed E-state index contributed by atoms with van der Waals surface area (Å²) in [5.74, 6) is -1.75. The van der Waals surface area contributed by atoms with Gasteiger partial charge < -0.3 is 5.11 Å². The molecule has 3 unspecified atom stereocenters. The maximum absolute atomic E-state index is 11.0. The highest BCUT2D eigenvalue weighted by atomic mass is 31.0. The van der Waals surface area contributed by atoms with Crippen LogP contribution in [0.5, 0.6) is 0 Å². The summed E-state index contributed by atoms with van der Waals surface area (Å²) >= 11 is 0. The predicted molar refractivity (Wildman–Crippen MR) is 47.7 cm³/mol. The lowest BCUT2D eigenvalue weighted by Crippen LogP contribution is -2.28. The fourth-order valence-electron chi connectivity index (χ4n) is 1.40. The van der Waals surface area contributed by atoms with Gasteiger partial charge in [-0.2, -0.15) is 0 Å². The van der Waals surface area contributed by atoms with Gasteiger partial charge >= 0.3 is 5.97 Å². The summed E-state index contributed by atoms with van der Waals surface area (Å²) in [6.07, 6.45) is 4.72. The molecule has 0 amide bonds. The van der Waals surface area contributed by atoms with E-state index in [2.05, 4.69) is 9.24 Å². The number of carbonyl (C=O) groups excluding carboxylic acids is 1. The highest BCUT2D eigenvalue weighted by Crippen LogP contribution is 2.28. The highest BCUT2D eigenvalue weighted by Gasteiger charge is 2.31. The lowest BCUT2D eigenvalue weighted by Gasteiger charge is -2.22. The Hall–Kier alpha value is -0.690. The van der Waals surface area contributed by atoms with E-state index in [0.29, 0.717) is 12.8 Å². The zero-order valence-electron chi connectivity index (χ0n) is 6.56. The minimum Gasteiger partial charge on any atom is -0.481 e. The minimum absolute atomic E-state index is 0.105. The molecule has 0 heterocycles. The van der Waals surface area contributed by atoms with Crippen LogP contribution in [0.15, 0.2) is 12.2 Å². The molecule has 0 saturated heterocycles. The molecule has 0 saturated carbocycles. The molecular formula is C8H11O3P. The first-order valence-corrected chi connectivity index (χ1v) is 4.37. The Balaban J connectivity index is 2.76. The van der Waals surface area contributed by atoms with Crippen LogP contribution in [0.4, 0.5) is 0 Å². The first-order chi connectivity index (χ1) is 5.63.